The third-order valence-electron chi connectivity index (χ3n) is 6.09. The molecule has 168 valence electrons. The summed E-state index contributed by atoms with van der Waals surface area (Å²) in [5.41, 5.74) is 1.85. The van der Waals surface area contributed by atoms with Gasteiger partial charge in [0, 0.05) is 12.4 Å². The van der Waals surface area contributed by atoms with Crippen molar-refractivity contribution in [1.82, 2.24) is 18.8 Å². The van der Waals surface area contributed by atoms with Crippen LogP contribution < -0.4 is 25.9 Å². The molecular formula is C25H19N5O4. The van der Waals surface area contributed by atoms with Gasteiger partial charge in [0.15, 0.2) is 11.5 Å². The molecule has 1 aliphatic rings. The lowest BCUT2D eigenvalue weighted by molar-refractivity contribution is 0.354. The summed E-state index contributed by atoms with van der Waals surface area (Å²) < 4.78 is 13.8. The van der Waals surface area contributed by atoms with Crippen molar-refractivity contribution in [3.63, 3.8) is 0 Å². The molecule has 0 unspecified atom stereocenters. The Hall–Kier alpha value is -4.66. The van der Waals surface area contributed by atoms with Crippen LogP contribution in [-0.2, 0) is 0 Å². The van der Waals surface area contributed by atoms with Crippen molar-refractivity contribution >= 4 is 22.9 Å². The Morgan fingerprint density at radius 1 is 0.765 bits per heavy atom. The number of hydrogen-bond acceptors (Lipinski definition) is 7. The van der Waals surface area contributed by atoms with Crippen LogP contribution in [0.25, 0.3) is 11.3 Å². The van der Waals surface area contributed by atoms with Gasteiger partial charge in [-0.2, -0.15) is 0 Å². The molecule has 1 aliphatic heterocycles. The van der Waals surface area contributed by atoms with Crippen LogP contribution in [0.4, 0.5) is 11.6 Å². The van der Waals surface area contributed by atoms with Crippen molar-refractivity contribution in [2.45, 2.75) is 5.92 Å². The van der Waals surface area contributed by atoms with Crippen molar-refractivity contribution < 1.29 is 9.47 Å². The molecule has 0 radical (unpaired) electrons. The summed E-state index contributed by atoms with van der Waals surface area (Å²) in [6, 6.07) is 16.0. The average Bonchev–Trinajstić information content (AvgIpc) is 2.87. The monoisotopic (exact) mass is 453 g/mol. The van der Waals surface area contributed by atoms with E-state index in [-0.39, 0.29) is 11.1 Å². The molecule has 0 spiro atoms. The third kappa shape index (κ3) is 2.80. The number of ether oxygens (including phenoxy) is 2. The van der Waals surface area contributed by atoms with Crippen LogP contribution in [0, 0.1) is 0 Å². The van der Waals surface area contributed by atoms with Gasteiger partial charge in [-0.05, 0) is 42.0 Å². The quantitative estimate of drug-likeness (QED) is 0.440. The predicted molar refractivity (Wildman–Crippen MR) is 127 cm³/mol. The van der Waals surface area contributed by atoms with E-state index in [2.05, 4.69) is 15.3 Å². The van der Waals surface area contributed by atoms with Crippen molar-refractivity contribution in [3.8, 4) is 11.5 Å². The second kappa shape index (κ2) is 7.45. The van der Waals surface area contributed by atoms with Crippen LogP contribution >= 0.6 is 0 Å². The summed E-state index contributed by atoms with van der Waals surface area (Å²) in [5.74, 6) is 1.05. The molecule has 9 nitrogen and oxygen atoms in total. The van der Waals surface area contributed by atoms with Crippen molar-refractivity contribution in [2.24, 2.45) is 0 Å². The zero-order valence-corrected chi connectivity index (χ0v) is 18.4. The van der Waals surface area contributed by atoms with Crippen LogP contribution in [-0.4, -0.2) is 33.0 Å². The van der Waals surface area contributed by atoms with Gasteiger partial charge in [-0.3, -0.25) is 18.4 Å². The number of aromatic nitrogens is 4. The van der Waals surface area contributed by atoms with Gasteiger partial charge < -0.3 is 14.8 Å². The van der Waals surface area contributed by atoms with Crippen LogP contribution in [0.5, 0.6) is 11.5 Å². The molecule has 0 saturated carbocycles. The first-order chi connectivity index (χ1) is 16.6. The molecule has 0 aliphatic carbocycles. The summed E-state index contributed by atoms with van der Waals surface area (Å²) in [7, 11) is 3.09. The summed E-state index contributed by atoms with van der Waals surface area (Å²) in [5, 5.41) is 3.15. The normalized spacial score (nSPS) is 12.8. The van der Waals surface area contributed by atoms with Gasteiger partial charge in [-0.15, -0.1) is 0 Å². The number of methoxy groups -OCH3 is 2. The van der Waals surface area contributed by atoms with Crippen molar-refractivity contribution in [1.29, 1.82) is 0 Å². The van der Waals surface area contributed by atoms with Crippen LogP contribution in [0.2, 0.25) is 0 Å². The molecule has 4 aromatic heterocycles. The topological polar surface area (TPSA) is 99.2 Å². The van der Waals surface area contributed by atoms with E-state index in [1.54, 1.807) is 63.0 Å². The highest BCUT2D eigenvalue weighted by Crippen LogP contribution is 2.42. The fourth-order valence-electron chi connectivity index (χ4n) is 4.54. The van der Waals surface area contributed by atoms with Gasteiger partial charge in [-0.25, -0.2) is 9.97 Å². The zero-order valence-electron chi connectivity index (χ0n) is 18.4. The highest BCUT2D eigenvalue weighted by Gasteiger charge is 2.36. The second-order valence-corrected chi connectivity index (χ2v) is 7.89. The van der Waals surface area contributed by atoms with Gasteiger partial charge in [0.25, 0.3) is 11.1 Å². The van der Waals surface area contributed by atoms with E-state index in [1.165, 1.54) is 8.80 Å². The minimum absolute atomic E-state index is 0.268. The van der Waals surface area contributed by atoms with Crippen molar-refractivity contribution in [3.05, 3.63) is 104 Å². The Bertz CT molecular complexity index is 1620. The summed E-state index contributed by atoms with van der Waals surface area (Å²) >= 11 is 0. The second-order valence-electron chi connectivity index (χ2n) is 7.89. The average molecular weight is 453 g/mol. The van der Waals surface area contributed by atoms with Gasteiger partial charge in [0.05, 0.1) is 31.3 Å². The number of rotatable bonds is 3. The van der Waals surface area contributed by atoms with Gasteiger partial charge in [0.1, 0.15) is 22.9 Å². The minimum atomic E-state index is -0.722. The lowest BCUT2D eigenvalue weighted by atomic mass is 9.84. The molecule has 9 heteroatoms. The van der Waals surface area contributed by atoms with E-state index in [0.29, 0.717) is 51.1 Å². The number of fused-ring (bicyclic) bond motifs is 4. The number of pyridine rings is 2. The Balaban J connectivity index is 1.73. The van der Waals surface area contributed by atoms with E-state index < -0.39 is 5.92 Å². The zero-order chi connectivity index (χ0) is 23.4. The lowest BCUT2D eigenvalue weighted by Crippen LogP contribution is -2.34. The Labute approximate surface area is 192 Å². The largest absolute Gasteiger partial charge is 0.493 e. The molecule has 34 heavy (non-hydrogen) atoms. The SMILES string of the molecule is COc1ccc(C2c3c(nc4ccccn4c3=O)Nc3nc4ccccn4c(=O)c32)cc1OC. The number of nitrogens with zero attached hydrogens (tertiary/aromatic N) is 4. The molecule has 1 N–H and O–H groups in total. The molecule has 5 aromatic rings. The van der Waals surface area contributed by atoms with E-state index in [4.69, 9.17) is 9.47 Å². The molecule has 0 amide bonds. The fraction of sp³-hybridized carbons (Fsp3) is 0.120. The van der Waals surface area contributed by atoms with E-state index in [9.17, 15) is 9.59 Å². The molecular weight excluding hydrogens is 434 g/mol. The standard InChI is InChI=1S/C25H19N5O4/c1-33-15-10-9-14(13-16(15)34-2)19-20-22(26-17-7-3-5-11-29(17)24(20)31)28-23-21(19)25(32)30-12-6-4-8-18(30)27-23/h3-13,19,28H,1-2H3. The first-order valence-corrected chi connectivity index (χ1v) is 10.6. The van der Waals surface area contributed by atoms with E-state index >= 15 is 0 Å². The Morgan fingerprint density at radius 2 is 1.32 bits per heavy atom. The first kappa shape index (κ1) is 20.0. The molecule has 0 fully saturated rings. The van der Waals surface area contributed by atoms with E-state index in [1.807, 2.05) is 18.2 Å². The molecule has 0 atom stereocenters. The highest BCUT2D eigenvalue weighted by molar-refractivity contribution is 5.73. The predicted octanol–water partition coefficient (Wildman–Crippen LogP) is 2.96. The number of benzene rings is 1. The molecule has 5 heterocycles. The molecule has 0 bridgehead atoms. The molecule has 6 rings (SSSR count). The minimum Gasteiger partial charge on any atom is -0.493 e. The van der Waals surface area contributed by atoms with Crippen LogP contribution in [0.15, 0.2) is 76.6 Å². The van der Waals surface area contributed by atoms with Gasteiger partial charge >= 0.3 is 0 Å². The number of anilines is 2. The summed E-state index contributed by atoms with van der Waals surface area (Å²) in [6.45, 7) is 0. The Morgan fingerprint density at radius 3 is 1.85 bits per heavy atom. The summed E-state index contributed by atoms with van der Waals surface area (Å²) in [6.07, 6.45) is 3.33. The van der Waals surface area contributed by atoms with Crippen LogP contribution in [0.1, 0.15) is 22.6 Å². The maximum atomic E-state index is 13.7. The fourth-order valence-corrected chi connectivity index (χ4v) is 4.54. The summed E-state index contributed by atoms with van der Waals surface area (Å²) in [4.78, 5) is 36.8. The smallest absolute Gasteiger partial charge is 0.264 e. The maximum absolute atomic E-state index is 13.7. The maximum Gasteiger partial charge on any atom is 0.264 e. The third-order valence-corrected chi connectivity index (χ3v) is 6.09. The number of nitrogens with one attached hydrogen (secondary N) is 1. The van der Waals surface area contributed by atoms with E-state index in [0.717, 1.165) is 0 Å². The highest BCUT2D eigenvalue weighted by atomic mass is 16.5. The van der Waals surface area contributed by atoms with Gasteiger partial charge in [0.2, 0.25) is 0 Å². The lowest BCUT2D eigenvalue weighted by Gasteiger charge is -2.28. The van der Waals surface area contributed by atoms with Gasteiger partial charge in [-0.1, -0.05) is 18.2 Å². The molecule has 1 aromatic carbocycles. The molecule has 0 saturated heterocycles. The Kier molecular flexibility index (Phi) is 4.38. The number of hydrogen-bond donors (Lipinski definition) is 1. The van der Waals surface area contributed by atoms with Crippen LogP contribution in [0.3, 0.4) is 0 Å². The first-order valence-electron chi connectivity index (χ1n) is 10.6. The van der Waals surface area contributed by atoms with Crippen molar-refractivity contribution in [2.75, 3.05) is 19.5 Å².